The van der Waals surface area contributed by atoms with Gasteiger partial charge in [0, 0.05) is 18.7 Å². The molecule has 0 aliphatic rings. The van der Waals surface area contributed by atoms with Gasteiger partial charge in [0.05, 0.1) is 12.2 Å². The zero-order valence-electron chi connectivity index (χ0n) is 13.4. The third-order valence-corrected chi connectivity index (χ3v) is 3.71. The van der Waals surface area contributed by atoms with E-state index in [2.05, 4.69) is 5.32 Å². The third kappa shape index (κ3) is 4.84. The molecule has 2 N–H and O–H groups in total. The normalized spacial score (nSPS) is 12.2. The molecule has 1 amide bonds. The van der Waals surface area contributed by atoms with Gasteiger partial charge in [-0.15, -0.1) is 0 Å². The van der Waals surface area contributed by atoms with Gasteiger partial charge in [-0.2, -0.15) is 0 Å². The van der Waals surface area contributed by atoms with Gasteiger partial charge in [-0.25, -0.2) is 8.78 Å². The van der Waals surface area contributed by atoms with E-state index in [1.165, 1.54) is 0 Å². The van der Waals surface area contributed by atoms with E-state index in [9.17, 15) is 18.7 Å². The highest BCUT2D eigenvalue weighted by Gasteiger charge is 2.19. The quantitative estimate of drug-likeness (QED) is 0.818. The van der Waals surface area contributed by atoms with E-state index in [1.54, 1.807) is 11.9 Å². The Kier molecular flexibility index (Phi) is 6.40. The number of likely N-dealkylation sites (N-methyl/N-ethyl adjacent to an activating group) is 1. The van der Waals surface area contributed by atoms with Crippen LogP contribution in [0.5, 0.6) is 0 Å². The average molecular weight is 334 g/mol. The third-order valence-electron chi connectivity index (χ3n) is 3.71. The summed E-state index contributed by atoms with van der Waals surface area (Å²) in [6.07, 6.45) is 0.460. The van der Waals surface area contributed by atoms with Crippen molar-refractivity contribution >= 4 is 11.6 Å². The smallest absolute Gasteiger partial charge is 0.238 e. The lowest BCUT2D eigenvalue weighted by Crippen LogP contribution is -2.34. The van der Waals surface area contributed by atoms with E-state index in [-0.39, 0.29) is 24.9 Å². The molecule has 0 spiro atoms. The molecule has 0 saturated carbocycles. The van der Waals surface area contributed by atoms with Crippen LogP contribution in [0.2, 0.25) is 0 Å². The van der Waals surface area contributed by atoms with E-state index in [4.69, 9.17) is 0 Å². The fraction of sp³-hybridized carbons (Fsp3) is 0.278. The Morgan fingerprint density at radius 1 is 1.21 bits per heavy atom. The van der Waals surface area contributed by atoms with Gasteiger partial charge >= 0.3 is 0 Å². The summed E-state index contributed by atoms with van der Waals surface area (Å²) >= 11 is 0. The maximum Gasteiger partial charge on any atom is 0.238 e. The van der Waals surface area contributed by atoms with E-state index >= 15 is 0 Å². The molecule has 0 fully saturated rings. The zero-order valence-corrected chi connectivity index (χ0v) is 13.4. The molecule has 0 aromatic heterocycles. The van der Waals surface area contributed by atoms with Crippen molar-refractivity contribution in [1.82, 2.24) is 4.90 Å². The number of amides is 1. The van der Waals surface area contributed by atoms with Crippen LogP contribution in [0.4, 0.5) is 14.5 Å². The van der Waals surface area contributed by atoms with Crippen LogP contribution >= 0.6 is 0 Å². The van der Waals surface area contributed by atoms with Crippen LogP contribution in [-0.4, -0.2) is 36.1 Å². The number of carbonyl (C=O) groups is 1. The van der Waals surface area contributed by atoms with E-state index in [0.29, 0.717) is 6.42 Å². The monoisotopic (exact) mass is 334 g/mol. The SMILES string of the molecule is CN(CC(=O)Nc1cc(F)ccc1F)C(CCO)c1ccccc1. The Labute approximate surface area is 139 Å². The molecule has 1 atom stereocenters. The summed E-state index contributed by atoms with van der Waals surface area (Å²) in [5.41, 5.74) is 0.783. The van der Waals surface area contributed by atoms with E-state index in [0.717, 1.165) is 23.8 Å². The molecular formula is C18H20F2N2O2. The zero-order chi connectivity index (χ0) is 17.5. The van der Waals surface area contributed by atoms with Crippen molar-refractivity contribution < 1.29 is 18.7 Å². The molecule has 0 radical (unpaired) electrons. The predicted octanol–water partition coefficient (Wildman–Crippen LogP) is 2.96. The Morgan fingerprint density at radius 3 is 2.58 bits per heavy atom. The molecule has 2 aromatic rings. The van der Waals surface area contributed by atoms with Crippen molar-refractivity contribution in [3.63, 3.8) is 0 Å². The molecule has 0 saturated heterocycles. The summed E-state index contributed by atoms with van der Waals surface area (Å²) in [5, 5.41) is 11.6. The van der Waals surface area contributed by atoms with Crippen molar-refractivity contribution in [3.05, 3.63) is 65.7 Å². The van der Waals surface area contributed by atoms with Crippen molar-refractivity contribution in [2.45, 2.75) is 12.5 Å². The van der Waals surface area contributed by atoms with Crippen molar-refractivity contribution in [2.75, 3.05) is 25.5 Å². The molecule has 0 aliphatic heterocycles. The van der Waals surface area contributed by atoms with Gasteiger partial charge in [0.2, 0.25) is 5.91 Å². The minimum atomic E-state index is -0.692. The fourth-order valence-corrected chi connectivity index (χ4v) is 2.56. The van der Waals surface area contributed by atoms with Crippen molar-refractivity contribution in [3.8, 4) is 0 Å². The molecule has 128 valence electrons. The van der Waals surface area contributed by atoms with Gasteiger partial charge in [-0.3, -0.25) is 9.69 Å². The lowest BCUT2D eigenvalue weighted by atomic mass is 10.0. The molecule has 1 unspecified atom stereocenters. The van der Waals surface area contributed by atoms with Crippen LogP contribution < -0.4 is 5.32 Å². The second-order valence-electron chi connectivity index (χ2n) is 5.53. The molecule has 6 heteroatoms. The first-order valence-corrected chi connectivity index (χ1v) is 7.62. The summed E-state index contributed by atoms with van der Waals surface area (Å²) in [6.45, 7) is -0.0421. The number of anilines is 1. The Balaban J connectivity index is 2.04. The number of rotatable bonds is 7. The summed E-state index contributed by atoms with van der Waals surface area (Å²) in [7, 11) is 1.74. The predicted molar refractivity (Wildman–Crippen MR) is 88.5 cm³/mol. The number of hydrogen-bond acceptors (Lipinski definition) is 3. The average Bonchev–Trinajstić information content (AvgIpc) is 2.56. The fourth-order valence-electron chi connectivity index (χ4n) is 2.56. The van der Waals surface area contributed by atoms with Gasteiger partial charge in [-0.05, 0) is 31.2 Å². The number of aliphatic hydroxyl groups is 1. The highest BCUT2D eigenvalue weighted by Crippen LogP contribution is 2.22. The minimum Gasteiger partial charge on any atom is -0.396 e. The van der Waals surface area contributed by atoms with Gasteiger partial charge in [0.1, 0.15) is 11.6 Å². The van der Waals surface area contributed by atoms with Gasteiger partial charge in [0.25, 0.3) is 0 Å². The van der Waals surface area contributed by atoms with Crippen LogP contribution in [0.3, 0.4) is 0 Å². The first-order valence-electron chi connectivity index (χ1n) is 7.62. The van der Waals surface area contributed by atoms with Gasteiger partial charge in [0.15, 0.2) is 0 Å². The Hall–Kier alpha value is -2.31. The minimum absolute atomic E-state index is 0.0183. The van der Waals surface area contributed by atoms with Crippen LogP contribution in [0, 0.1) is 11.6 Å². The second-order valence-corrected chi connectivity index (χ2v) is 5.53. The largest absolute Gasteiger partial charge is 0.396 e. The number of aliphatic hydroxyl groups excluding tert-OH is 1. The summed E-state index contributed by atoms with van der Waals surface area (Å²) in [4.78, 5) is 13.9. The maximum atomic E-state index is 13.6. The van der Waals surface area contributed by atoms with Gasteiger partial charge < -0.3 is 10.4 Å². The first-order chi connectivity index (χ1) is 11.5. The van der Waals surface area contributed by atoms with Gasteiger partial charge in [-0.1, -0.05) is 30.3 Å². The number of benzene rings is 2. The van der Waals surface area contributed by atoms with Crippen molar-refractivity contribution in [2.24, 2.45) is 0 Å². The molecular weight excluding hydrogens is 314 g/mol. The second kappa shape index (κ2) is 8.52. The van der Waals surface area contributed by atoms with Crippen LogP contribution in [-0.2, 0) is 4.79 Å². The van der Waals surface area contributed by atoms with Crippen molar-refractivity contribution in [1.29, 1.82) is 0 Å². The Morgan fingerprint density at radius 2 is 1.92 bits per heavy atom. The Bertz CT molecular complexity index is 680. The molecule has 2 rings (SSSR count). The number of hydrogen-bond donors (Lipinski definition) is 2. The number of nitrogens with one attached hydrogen (secondary N) is 1. The number of carbonyl (C=O) groups excluding carboxylic acids is 1. The van der Waals surface area contributed by atoms with Crippen LogP contribution in [0.15, 0.2) is 48.5 Å². The highest BCUT2D eigenvalue weighted by atomic mass is 19.1. The topological polar surface area (TPSA) is 52.6 Å². The molecule has 0 bridgehead atoms. The summed E-state index contributed by atoms with van der Waals surface area (Å²) in [6, 6.07) is 12.2. The van der Waals surface area contributed by atoms with E-state index < -0.39 is 17.5 Å². The molecule has 24 heavy (non-hydrogen) atoms. The van der Waals surface area contributed by atoms with Crippen LogP contribution in [0.25, 0.3) is 0 Å². The number of nitrogens with zero attached hydrogens (tertiary/aromatic N) is 1. The van der Waals surface area contributed by atoms with Crippen LogP contribution in [0.1, 0.15) is 18.0 Å². The first kappa shape index (κ1) is 18.0. The maximum absolute atomic E-state index is 13.6. The molecule has 2 aromatic carbocycles. The standard InChI is InChI=1S/C18H20F2N2O2/c1-22(17(9-10-23)13-5-3-2-4-6-13)12-18(24)21-16-11-14(19)7-8-15(16)20/h2-8,11,17,23H,9-10,12H2,1H3,(H,21,24). The van der Waals surface area contributed by atoms with E-state index in [1.807, 2.05) is 30.3 Å². The lowest BCUT2D eigenvalue weighted by molar-refractivity contribution is -0.117. The number of halogens is 2. The lowest BCUT2D eigenvalue weighted by Gasteiger charge is -2.27. The molecule has 0 aliphatic carbocycles. The molecule has 0 heterocycles. The summed E-state index contributed by atoms with van der Waals surface area (Å²) in [5.74, 6) is -1.77. The highest BCUT2D eigenvalue weighted by molar-refractivity contribution is 5.92. The summed E-state index contributed by atoms with van der Waals surface area (Å²) < 4.78 is 26.7. The molecule has 4 nitrogen and oxygen atoms in total.